The first-order valence-electron chi connectivity index (χ1n) is 9.65. The third-order valence-electron chi connectivity index (χ3n) is 4.79. The summed E-state index contributed by atoms with van der Waals surface area (Å²) < 4.78 is 11.5. The summed E-state index contributed by atoms with van der Waals surface area (Å²) in [4.78, 5) is 23.6. The second-order valence-electron chi connectivity index (χ2n) is 7.03. The summed E-state index contributed by atoms with van der Waals surface area (Å²) in [6, 6.07) is 5.41. The van der Waals surface area contributed by atoms with Gasteiger partial charge in [-0.3, -0.25) is 9.59 Å². The van der Waals surface area contributed by atoms with Gasteiger partial charge in [0.1, 0.15) is 11.6 Å². The molecule has 0 aliphatic heterocycles. The highest BCUT2D eigenvalue weighted by molar-refractivity contribution is 9.10. The van der Waals surface area contributed by atoms with Gasteiger partial charge >= 0.3 is 0 Å². The fourth-order valence-electron chi connectivity index (χ4n) is 3.31. The van der Waals surface area contributed by atoms with Gasteiger partial charge in [-0.25, -0.2) is 0 Å². The molecule has 1 aliphatic carbocycles. The molecule has 0 unspecified atom stereocenters. The number of nitriles is 1. The van der Waals surface area contributed by atoms with Crippen LogP contribution in [-0.4, -0.2) is 31.1 Å². The molecule has 0 radical (unpaired) electrons. The van der Waals surface area contributed by atoms with Crippen LogP contribution in [0.15, 0.2) is 22.2 Å². The fraction of sp³-hybridized carbons (Fsp3) is 0.476. The molecule has 29 heavy (non-hydrogen) atoms. The smallest absolute Gasteiger partial charge is 0.262 e. The molecule has 0 aromatic heterocycles. The summed E-state index contributed by atoms with van der Waals surface area (Å²) >= 11 is 3.38. The van der Waals surface area contributed by atoms with E-state index in [2.05, 4.69) is 28.2 Å². The van der Waals surface area contributed by atoms with Crippen LogP contribution in [0.2, 0.25) is 0 Å². The Bertz CT molecular complexity index is 832. The number of rotatable bonds is 8. The van der Waals surface area contributed by atoms with Crippen molar-refractivity contribution < 1.29 is 19.1 Å². The third-order valence-corrected chi connectivity index (χ3v) is 5.38. The summed E-state index contributed by atoms with van der Waals surface area (Å²) in [5.41, 5.74) is 5.75. The predicted molar refractivity (Wildman–Crippen MR) is 113 cm³/mol. The zero-order chi connectivity index (χ0) is 21.4. The molecule has 8 heteroatoms. The van der Waals surface area contributed by atoms with E-state index in [0.717, 1.165) is 19.3 Å². The summed E-state index contributed by atoms with van der Waals surface area (Å²) in [7, 11) is 0. The van der Waals surface area contributed by atoms with E-state index in [1.54, 1.807) is 12.1 Å². The number of nitrogens with one attached hydrogen (secondary N) is 1. The molecule has 1 fully saturated rings. The maximum atomic E-state index is 12.6. The normalized spacial score (nSPS) is 19.2. The number of primary amides is 1. The van der Waals surface area contributed by atoms with Gasteiger partial charge in [-0.15, -0.1) is 0 Å². The Morgan fingerprint density at radius 3 is 2.69 bits per heavy atom. The molecule has 1 aliphatic rings. The first-order chi connectivity index (χ1) is 13.8. The topological polar surface area (TPSA) is 114 Å². The molecule has 0 bridgehead atoms. The quantitative estimate of drug-likeness (QED) is 0.453. The molecule has 1 saturated carbocycles. The van der Waals surface area contributed by atoms with Crippen LogP contribution in [-0.2, 0) is 9.59 Å². The van der Waals surface area contributed by atoms with Gasteiger partial charge in [0.25, 0.3) is 11.8 Å². The number of hydrogen-bond acceptors (Lipinski definition) is 5. The number of amides is 2. The first kappa shape index (κ1) is 22.8. The van der Waals surface area contributed by atoms with E-state index in [1.807, 2.05) is 13.0 Å². The average Bonchev–Trinajstić information content (AvgIpc) is 2.67. The van der Waals surface area contributed by atoms with Crippen molar-refractivity contribution in [3.05, 3.63) is 27.7 Å². The van der Waals surface area contributed by atoms with Crippen molar-refractivity contribution in [1.82, 2.24) is 5.32 Å². The van der Waals surface area contributed by atoms with Crippen LogP contribution in [0.1, 0.15) is 45.1 Å². The Morgan fingerprint density at radius 1 is 1.34 bits per heavy atom. The number of nitrogens with two attached hydrogens (primary N) is 1. The highest BCUT2D eigenvalue weighted by atomic mass is 79.9. The molecular formula is C21H26BrN3O4. The Hall–Kier alpha value is -2.53. The molecule has 0 heterocycles. The number of hydrogen-bond donors (Lipinski definition) is 2. The Labute approximate surface area is 179 Å². The van der Waals surface area contributed by atoms with Gasteiger partial charge in [-0.1, -0.05) is 19.8 Å². The van der Waals surface area contributed by atoms with Gasteiger partial charge in [-0.2, -0.15) is 5.26 Å². The second kappa shape index (κ2) is 10.9. The summed E-state index contributed by atoms with van der Waals surface area (Å²) in [6.07, 6.45) is 5.77. The van der Waals surface area contributed by atoms with Crippen LogP contribution in [0.25, 0.3) is 6.08 Å². The van der Waals surface area contributed by atoms with Crippen molar-refractivity contribution in [2.24, 2.45) is 11.7 Å². The summed E-state index contributed by atoms with van der Waals surface area (Å²) in [5.74, 6) is 0.126. The van der Waals surface area contributed by atoms with Gasteiger partial charge in [0, 0.05) is 6.04 Å². The van der Waals surface area contributed by atoms with Crippen LogP contribution >= 0.6 is 15.9 Å². The van der Waals surface area contributed by atoms with E-state index in [-0.39, 0.29) is 24.1 Å². The molecule has 2 atom stereocenters. The molecule has 1 aromatic rings. The van der Waals surface area contributed by atoms with Crippen molar-refractivity contribution in [3.8, 4) is 17.6 Å². The molecular weight excluding hydrogens is 438 g/mol. The van der Waals surface area contributed by atoms with Gasteiger partial charge in [0.2, 0.25) is 0 Å². The molecule has 1 aromatic carbocycles. The fourth-order valence-corrected chi connectivity index (χ4v) is 3.88. The first-order valence-corrected chi connectivity index (χ1v) is 10.4. The average molecular weight is 464 g/mol. The van der Waals surface area contributed by atoms with Crippen LogP contribution in [0, 0.1) is 17.2 Å². The second-order valence-corrected chi connectivity index (χ2v) is 7.88. The SMILES string of the molecule is CCOc1cc(/C=C(\C#N)C(=O)N[C@H]2CCCC[C@@H]2C)cc(Br)c1OCC(N)=O. The largest absolute Gasteiger partial charge is 0.490 e. The minimum Gasteiger partial charge on any atom is -0.490 e. The molecule has 2 amide bonds. The Balaban J connectivity index is 2.26. The lowest BCUT2D eigenvalue weighted by Crippen LogP contribution is -2.41. The molecule has 0 spiro atoms. The summed E-state index contributed by atoms with van der Waals surface area (Å²) in [5, 5.41) is 12.5. The van der Waals surface area contributed by atoms with Gasteiger partial charge in [0.05, 0.1) is 11.1 Å². The van der Waals surface area contributed by atoms with Crippen molar-refractivity contribution in [2.75, 3.05) is 13.2 Å². The maximum absolute atomic E-state index is 12.6. The predicted octanol–water partition coefficient (Wildman–Crippen LogP) is 3.31. The van der Waals surface area contributed by atoms with Gasteiger partial charge in [-0.05, 0) is 65.4 Å². The third kappa shape index (κ3) is 6.50. The van der Waals surface area contributed by atoms with Crippen LogP contribution < -0.4 is 20.5 Å². The molecule has 156 valence electrons. The lowest BCUT2D eigenvalue weighted by molar-refractivity contribution is -0.120. The van der Waals surface area contributed by atoms with E-state index in [1.165, 1.54) is 12.5 Å². The minimum absolute atomic E-state index is 0.0166. The van der Waals surface area contributed by atoms with Crippen LogP contribution in [0.5, 0.6) is 11.5 Å². The van der Waals surface area contributed by atoms with E-state index < -0.39 is 5.91 Å². The highest BCUT2D eigenvalue weighted by Gasteiger charge is 2.24. The van der Waals surface area contributed by atoms with Crippen molar-refractivity contribution in [3.63, 3.8) is 0 Å². The van der Waals surface area contributed by atoms with Gasteiger partial charge in [0.15, 0.2) is 18.1 Å². The Kier molecular flexibility index (Phi) is 8.52. The number of carbonyl (C=O) groups is 2. The zero-order valence-electron chi connectivity index (χ0n) is 16.7. The number of benzene rings is 1. The van der Waals surface area contributed by atoms with E-state index in [4.69, 9.17) is 15.2 Å². The standard InChI is InChI=1S/C21H26BrN3O4/c1-3-28-18-10-14(9-16(22)20(18)29-12-19(24)26)8-15(11-23)21(27)25-17-7-5-4-6-13(17)2/h8-10,13,17H,3-7,12H2,1-2H3,(H2,24,26)(H,25,27)/b15-8+/t13-,17-/m0/s1. The number of nitrogens with zero attached hydrogens (tertiary/aromatic N) is 1. The molecule has 7 nitrogen and oxygen atoms in total. The number of carbonyl (C=O) groups excluding carboxylic acids is 2. The minimum atomic E-state index is -0.608. The van der Waals surface area contributed by atoms with Crippen LogP contribution in [0.3, 0.4) is 0 Å². The molecule has 2 rings (SSSR count). The lowest BCUT2D eigenvalue weighted by Gasteiger charge is -2.29. The van der Waals surface area contributed by atoms with E-state index in [9.17, 15) is 14.9 Å². The van der Waals surface area contributed by atoms with Crippen molar-refractivity contribution in [1.29, 1.82) is 5.26 Å². The van der Waals surface area contributed by atoms with Crippen LogP contribution in [0.4, 0.5) is 0 Å². The van der Waals surface area contributed by atoms with E-state index >= 15 is 0 Å². The molecule has 0 saturated heterocycles. The van der Waals surface area contributed by atoms with E-state index in [0.29, 0.717) is 34.1 Å². The highest BCUT2D eigenvalue weighted by Crippen LogP contribution is 2.37. The monoisotopic (exact) mass is 463 g/mol. The van der Waals surface area contributed by atoms with Crippen molar-refractivity contribution >= 4 is 33.8 Å². The Morgan fingerprint density at radius 2 is 2.07 bits per heavy atom. The zero-order valence-corrected chi connectivity index (χ0v) is 18.3. The summed E-state index contributed by atoms with van der Waals surface area (Å²) in [6.45, 7) is 4.01. The lowest BCUT2D eigenvalue weighted by atomic mass is 9.86. The van der Waals surface area contributed by atoms with Gasteiger partial charge < -0.3 is 20.5 Å². The number of ether oxygens (including phenoxy) is 2. The number of halogens is 1. The van der Waals surface area contributed by atoms with Crippen molar-refractivity contribution in [2.45, 2.75) is 45.6 Å². The molecule has 3 N–H and O–H groups in total. The maximum Gasteiger partial charge on any atom is 0.262 e.